The summed E-state index contributed by atoms with van der Waals surface area (Å²) in [5, 5.41) is 8.67. The van der Waals surface area contributed by atoms with Crippen molar-refractivity contribution in [1.82, 2.24) is 24.6 Å². The highest BCUT2D eigenvalue weighted by atomic mass is 16.2. The number of H-pyrrole nitrogens is 1. The summed E-state index contributed by atoms with van der Waals surface area (Å²) < 4.78 is 1.85. The van der Waals surface area contributed by atoms with Crippen molar-refractivity contribution in [1.29, 1.82) is 0 Å². The number of nitrogens with one attached hydrogen (secondary N) is 2. The van der Waals surface area contributed by atoms with E-state index in [-0.39, 0.29) is 18.4 Å². The number of amides is 2. The van der Waals surface area contributed by atoms with Crippen molar-refractivity contribution in [2.24, 2.45) is 0 Å². The molecule has 0 bridgehead atoms. The first-order valence-electron chi connectivity index (χ1n) is 11.5. The molecule has 1 aliphatic heterocycles. The van der Waals surface area contributed by atoms with Gasteiger partial charge >= 0.3 is 0 Å². The molecule has 0 saturated carbocycles. The maximum Gasteiger partial charge on any atom is 0.270 e. The van der Waals surface area contributed by atoms with Crippen molar-refractivity contribution in [3.8, 4) is 5.69 Å². The second-order valence-corrected chi connectivity index (χ2v) is 8.68. The number of aryl methyl sites for hydroxylation is 1. The lowest BCUT2D eigenvalue weighted by molar-refractivity contribution is -0.117. The van der Waals surface area contributed by atoms with Gasteiger partial charge in [-0.25, -0.2) is 4.68 Å². The summed E-state index contributed by atoms with van der Waals surface area (Å²) >= 11 is 0. The second-order valence-electron chi connectivity index (χ2n) is 8.68. The highest BCUT2D eigenvalue weighted by Gasteiger charge is 2.25. The molecule has 4 aromatic rings. The minimum Gasteiger partial charge on any atom is -0.351 e. The largest absolute Gasteiger partial charge is 0.351 e. The van der Waals surface area contributed by atoms with Gasteiger partial charge in [0.25, 0.3) is 5.91 Å². The number of nitrogens with zero attached hydrogens (tertiary/aromatic N) is 4. The monoisotopic (exact) mass is 456 g/mol. The van der Waals surface area contributed by atoms with E-state index in [1.807, 2.05) is 84.1 Å². The van der Waals surface area contributed by atoms with Crippen molar-refractivity contribution < 1.29 is 9.59 Å². The zero-order valence-electron chi connectivity index (χ0n) is 19.4. The molecular weight excluding hydrogens is 428 g/mol. The standard InChI is InChI=1S/C26H28N6O2/c1-18-25(19(2)32(29-18)21-9-4-3-5-10-21)28-24(33)17-30-12-14-31(15-13-30)26(34)23-16-20-8-6-7-11-22(20)27-23/h3-11,16,27H,12-15,17H2,1-2H3,(H,28,33). The van der Waals surface area contributed by atoms with Gasteiger partial charge in [-0.1, -0.05) is 36.4 Å². The zero-order valence-corrected chi connectivity index (χ0v) is 19.4. The molecule has 3 heterocycles. The lowest BCUT2D eigenvalue weighted by Gasteiger charge is -2.34. The number of anilines is 1. The summed E-state index contributed by atoms with van der Waals surface area (Å²) in [6.07, 6.45) is 0. The number of aromatic nitrogens is 3. The average molecular weight is 457 g/mol. The quantitative estimate of drug-likeness (QED) is 0.482. The Balaban J connectivity index is 1.17. The van der Waals surface area contributed by atoms with Crippen LogP contribution in [0.3, 0.4) is 0 Å². The van der Waals surface area contributed by atoms with Crippen LogP contribution in [0.4, 0.5) is 5.69 Å². The van der Waals surface area contributed by atoms with E-state index in [1.165, 1.54) is 0 Å². The Bertz CT molecular complexity index is 1300. The molecule has 1 fully saturated rings. The van der Waals surface area contributed by atoms with Crippen LogP contribution >= 0.6 is 0 Å². The molecule has 0 spiro atoms. The normalized spacial score (nSPS) is 14.5. The molecule has 8 heteroatoms. The molecule has 2 aromatic heterocycles. The third-order valence-corrected chi connectivity index (χ3v) is 6.34. The summed E-state index contributed by atoms with van der Waals surface area (Å²) in [4.78, 5) is 32.8. The van der Waals surface area contributed by atoms with Gasteiger partial charge in [0, 0.05) is 37.1 Å². The van der Waals surface area contributed by atoms with Crippen LogP contribution in [0.25, 0.3) is 16.6 Å². The molecular formula is C26H28N6O2. The van der Waals surface area contributed by atoms with E-state index < -0.39 is 0 Å². The van der Waals surface area contributed by atoms with Crippen LogP contribution in [0.1, 0.15) is 21.9 Å². The fraction of sp³-hybridized carbons (Fsp3) is 0.269. The minimum absolute atomic E-state index is 0.000114. The van der Waals surface area contributed by atoms with Crippen LogP contribution < -0.4 is 5.32 Å². The Morgan fingerprint density at radius 3 is 2.41 bits per heavy atom. The maximum absolute atomic E-state index is 12.9. The number of para-hydroxylation sites is 2. The molecule has 0 radical (unpaired) electrons. The van der Waals surface area contributed by atoms with Crippen LogP contribution in [-0.4, -0.2) is 69.1 Å². The molecule has 34 heavy (non-hydrogen) atoms. The van der Waals surface area contributed by atoms with Crippen LogP contribution in [0, 0.1) is 13.8 Å². The predicted octanol–water partition coefficient (Wildman–Crippen LogP) is 3.37. The van der Waals surface area contributed by atoms with Crippen LogP contribution in [0.5, 0.6) is 0 Å². The Morgan fingerprint density at radius 2 is 1.68 bits per heavy atom. The summed E-state index contributed by atoms with van der Waals surface area (Å²) in [5.74, 6) is -0.0749. The van der Waals surface area contributed by atoms with Gasteiger partial charge in [-0.2, -0.15) is 5.10 Å². The van der Waals surface area contributed by atoms with E-state index in [4.69, 9.17) is 0 Å². The van der Waals surface area contributed by atoms with Gasteiger partial charge in [0.2, 0.25) is 5.91 Å². The van der Waals surface area contributed by atoms with Crippen molar-refractivity contribution in [2.75, 3.05) is 38.0 Å². The van der Waals surface area contributed by atoms with Gasteiger partial charge in [0.05, 0.1) is 29.3 Å². The molecule has 2 N–H and O–H groups in total. The van der Waals surface area contributed by atoms with E-state index in [2.05, 4.69) is 20.3 Å². The van der Waals surface area contributed by atoms with Crippen molar-refractivity contribution in [3.05, 3.63) is 77.7 Å². The van der Waals surface area contributed by atoms with E-state index in [0.29, 0.717) is 31.9 Å². The number of rotatable bonds is 5. The number of hydrogen-bond donors (Lipinski definition) is 2. The third kappa shape index (κ3) is 4.32. The Labute approximate surface area is 198 Å². The van der Waals surface area contributed by atoms with Crippen LogP contribution in [0.2, 0.25) is 0 Å². The van der Waals surface area contributed by atoms with E-state index in [1.54, 1.807) is 0 Å². The van der Waals surface area contributed by atoms with E-state index >= 15 is 0 Å². The van der Waals surface area contributed by atoms with Crippen molar-refractivity contribution in [2.45, 2.75) is 13.8 Å². The minimum atomic E-state index is -0.0748. The predicted molar refractivity (Wildman–Crippen MR) is 132 cm³/mol. The molecule has 1 saturated heterocycles. The molecule has 1 aliphatic rings. The van der Waals surface area contributed by atoms with E-state index in [9.17, 15) is 9.59 Å². The van der Waals surface area contributed by atoms with E-state index in [0.717, 1.165) is 33.7 Å². The van der Waals surface area contributed by atoms with Gasteiger partial charge in [0.1, 0.15) is 5.69 Å². The van der Waals surface area contributed by atoms with Gasteiger partial charge < -0.3 is 15.2 Å². The number of aromatic amines is 1. The average Bonchev–Trinajstić information content (AvgIpc) is 3.41. The molecule has 8 nitrogen and oxygen atoms in total. The molecule has 0 aliphatic carbocycles. The van der Waals surface area contributed by atoms with Crippen molar-refractivity contribution in [3.63, 3.8) is 0 Å². The van der Waals surface area contributed by atoms with Crippen LogP contribution in [0.15, 0.2) is 60.7 Å². The highest BCUT2D eigenvalue weighted by molar-refractivity contribution is 5.98. The lowest BCUT2D eigenvalue weighted by atomic mass is 10.2. The fourth-order valence-corrected chi connectivity index (χ4v) is 4.49. The molecule has 0 unspecified atom stereocenters. The molecule has 2 amide bonds. The summed E-state index contributed by atoms with van der Waals surface area (Å²) in [6, 6.07) is 19.6. The van der Waals surface area contributed by atoms with Crippen molar-refractivity contribution >= 4 is 28.4 Å². The van der Waals surface area contributed by atoms with Gasteiger partial charge in [0.15, 0.2) is 0 Å². The first-order valence-corrected chi connectivity index (χ1v) is 11.5. The SMILES string of the molecule is Cc1nn(-c2ccccc2)c(C)c1NC(=O)CN1CCN(C(=O)c2cc3ccccc3[nH]2)CC1. The molecule has 174 valence electrons. The lowest BCUT2D eigenvalue weighted by Crippen LogP contribution is -2.50. The smallest absolute Gasteiger partial charge is 0.270 e. The van der Waals surface area contributed by atoms with Gasteiger partial charge in [-0.15, -0.1) is 0 Å². The summed E-state index contributed by atoms with van der Waals surface area (Å²) in [6.45, 7) is 6.62. The van der Waals surface area contributed by atoms with Gasteiger partial charge in [-0.3, -0.25) is 14.5 Å². The number of piperazine rings is 1. The zero-order chi connectivity index (χ0) is 23.7. The fourth-order valence-electron chi connectivity index (χ4n) is 4.49. The number of carbonyl (C=O) groups is 2. The Hall–Kier alpha value is -3.91. The molecule has 0 atom stereocenters. The topological polar surface area (TPSA) is 86.3 Å². The second kappa shape index (κ2) is 9.15. The number of carbonyl (C=O) groups excluding carboxylic acids is 2. The molecule has 2 aromatic carbocycles. The summed E-state index contributed by atoms with van der Waals surface area (Å²) in [5.41, 5.74) is 4.95. The van der Waals surface area contributed by atoms with Gasteiger partial charge in [-0.05, 0) is 38.1 Å². The van der Waals surface area contributed by atoms with Crippen LogP contribution in [-0.2, 0) is 4.79 Å². The number of benzene rings is 2. The Kier molecular flexibility index (Phi) is 5.90. The third-order valence-electron chi connectivity index (χ3n) is 6.34. The Morgan fingerprint density at radius 1 is 0.971 bits per heavy atom. The summed E-state index contributed by atoms with van der Waals surface area (Å²) in [7, 11) is 0. The maximum atomic E-state index is 12.9. The number of fused-ring (bicyclic) bond motifs is 1. The number of hydrogen-bond acceptors (Lipinski definition) is 4. The first-order chi connectivity index (χ1) is 16.5. The first kappa shape index (κ1) is 21.9. The molecule has 5 rings (SSSR count). The highest BCUT2D eigenvalue weighted by Crippen LogP contribution is 2.23.